The Balaban J connectivity index is 1.87. The van der Waals surface area contributed by atoms with Crippen molar-refractivity contribution in [3.05, 3.63) is 29.8 Å². The van der Waals surface area contributed by atoms with Crippen molar-refractivity contribution in [3.63, 3.8) is 0 Å². The third-order valence-electron chi connectivity index (χ3n) is 3.75. The van der Waals surface area contributed by atoms with E-state index in [9.17, 15) is 9.00 Å². The van der Waals surface area contributed by atoms with E-state index in [0.29, 0.717) is 18.9 Å². The molecule has 0 fully saturated rings. The van der Waals surface area contributed by atoms with Gasteiger partial charge in [-0.1, -0.05) is 18.2 Å². The number of para-hydroxylation sites is 1. The molecule has 0 radical (unpaired) electrons. The highest BCUT2D eigenvalue weighted by atomic mass is 32.2. The Morgan fingerprint density at radius 1 is 1.35 bits per heavy atom. The molecule has 2 rings (SSSR count). The average Bonchev–Trinajstić information content (AvgIpc) is 2.69. The molecule has 1 aliphatic heterocycles. The molecule has 0 aromatic heterocycles. The van der Waals surface area contributed by atoms with E-state index in [-0.39, 0.29) is 16.8 Å². The summed E-state index contributed by atoms with van der Waals surface area (Å²) in [5, 5.41) is 5.80. The molecule has 5 nitrogen and oxygen atoms in total. The first-order chi connectivity index (χ1) is 10.9. The van der Waals surface area contributed by atoms with Gasteiger partial charge in [-0.15, -0.1) is 0 Å². The summed E-state index contributed by atoms with van der Waals surface area (Å²) in [7, 11) is -0.962. The van der Waals surface area contributed by atoms with Crippen molar-refractivity contribution < 1.29 is 13.7 Å². The molecular weight excluding hydrogens is 312 g/mol. The molecule has 1 aromatic carbocycles. The van der Waals surface area contributed by atoms with Gasteiger partial charge in [0.2, 0.25) is 0 Å². The highest BCUT2D eigenvalue weighted by molar-refractivity contribution is 7.86. The summed E-state index contributed by atoms with van der Waals surface area (Å²) in [6.07, 6.45) is 1.74. The van der Waals surface area contributed by atoms with E-state index < -0.39 is 10.8 Å². The van der Waals surface area contributed by atoms with E-state index in [2.05, 4.69) is 10.6 Å². The molecule has 1 aliphatic rings. The zero-order chi connectivity index (χ0) is 16.9. The van der Waals surface area contributed by atoms with Gasteiger partial charge >= 0.3 is 6.03 Å². The van der Waals surface area contributed by atoms with Crippen molar-refractivity contribution in [3.8, 4) is 5.75 Å². The summed E-state index contributed by atoms with van der Waals surface area (Å²) < 4.78 is 17.4. The molecule has 2 amide bonds. The SMILES string of the molecule is CC(C)(C)[S@](=O)CCNC(=O)N[C@H]1CCCOc2ccccc21. The lowest BCUT2D eigenvalue weighted by atomic mass is 10.0. The standard InChI is InChI=1S/C17H26N2O3S/c1-17(2,3)23(21)12-10-18-16(20)19-14-8-6-11-22-15-9-5-4-7-13(14)15/h4-5,7,9,14H,6,8,10-12H2,1-3H3,(H2,18,19,20)/t14-,23+/m0/s1. The maximum absolute atomic E-state index is 12.1. The van der Waals surface area contributed by atoms with Crippen LogP contribution in [0.5, 0.6) is 5.75 Å². The summed E-state index contributed by atoms with van der Waals surface area (Å²) in [5.74, 6) is 1.30. The van der Waals surface area contributed by atoms with Gasteiger partial charge in [0, 0.05) is 33.4 Å². The first-order valence-electron chi connectivity index (χ1n) is 8.02. The van der Waals surface area contributed by atoms with Gasteiger partial charge in [-0.05, 0) is 39.7 Å². The van der Waals surface area contributed by atoms with Gasteiger partial charge in [-0.25, -0.2) is 4.79 Å². The second-order valence-electron chi connectivity index (χ2n) is 6.64. The van der Waals surface area contributed by atoms with Crippen LogP contribution in [-0.4, -0.2) is 33.9 Å². The van der Waals surface area contributed by atoms with Crippen LogP contribution in [0.2, 0.25) is 0 Å². The van der Waals surface area contributed by atoms with Crippen molar-refractivity contribution in [2.24, 2.45) is 0 Å². The van der Waals surface area contributed by atoms with Gasteiger partial charge in [-0.3, -0.25) is 4.21 Å². The van der Waals surface area contributed by atoms with Crippen molar-refractivity contribution in [1.29, 1.82) is 0 Å². The number of hydrogen-bond donors (Lipinski definition) is 2. The number of fused-ring (bicyclic) bond motifs is 1. The van der Waals surface area contributed by atoms with Gasteiger partial charge in [0.05, 0.1) is 12.6 Å². The zero-order valence-electron chi connectivity index (χ0n) is 14.1. The average molecular weight is 338 g/mol. The number of benzene rings is 1. The molecule has 2 atom stereocenters. The maximum Gasteiger partial charge on any atom is 0.315 e. The van der Waals surface area contributed by atoms with Crippen LogP contribution in [0.3, 0.4) is 0 Å². The van der Waals surface area contributed by atoms with Crippen LogP contribution < -0.4 is 15.4 Å². The fraction of sp³-hybridized carbons (Fsp3) is 0.588. The third kappa shape index (κ3) is 5.23. The van der Waals surface area contributed by atoms with Crippen LogP contribution in [0.25, 0.3) is 0 Å². The Labute approximate surface area is 140 Å². The monoisotopic (exact) mass is 338 g/mol. The highest BCUT2D eigenvalue weighted by Gasteiger charge is 2.22. The topological polar surface area (TPSA) is 67.4 Å². The van der Waals surface area contributed by atoms with Crippen molar-refractivity contribution in [1.82, 2.24) is 10.6 Å². The van der Waals surface area contributed by atoms with Crippen LogP contribution >= 0.6 is 0 Å². The van der Waals surface area contributed by atoms with Gasteiger partial charge < -0.3 is 15.4 Å². The molecule has 2 N–H and O–H groups in total. The van der Waals surface area contributed by atoms with Crippen molar-refractivity contribution in [2.45, 2.75) is 44.4 Å². The van der Waals surface area contributed by atoms with Crippen LogP contribution in [0, 0.1) is 0 Å². The Kier molecular flexibility index (Phi) is 6.04. The molecule has 0 bridgehead atoms. The molecule has 0 saturated carbocycles. The van der Waals surface area contributed by atoms with E-state index in [1.54, 1.807) is 0 Å². The first kappa shape index (κ1) is 17.8. The number of amides is 2. The van der Waals surface area contributed by atoms with Crippen LogP contribution in [0.4, 0.5) is 4.79 Å². The lowest BCUT2D eigenvalue weighted by molar-refractivity contribution is 0.237. The molecule has 0 aliphatic carbocycles. The van der Waals surface area contributed by atoms with E-state index >= 15 is 0 Å². The summed E-state index contributed by atoms with van der Waals surface area (Å²) in [6.45, 7) is 6.88. The molecule has 0 spiro atoms. The maximum atomic E-state index is 12.1. The summed E-state index contributed by atoms with van der Waals surface area (Å²) >= 11 is 0. The molecule has 128 valence electrons. The predicted molar refractivity (Wildman–Crippen MR) is 93.2 cm³/mol. The van der Waals surface area contributed by atoms with Gasteiger partial charge in [0.15, 0.2) is 0 Å². The lowest BCUT2D eigenvalue weighted by Crippen LogP contribution is -2.40. The van der Waals surface area contributed by atoms with Crippen LogP contribution in [0.1, 0.15) is 45.2 Å². The summed E-state index contributed by atoms with van der Waals surface area (Å²) in [6, 6.07) is 7.52. The Hall–Kier alpha value is -1.56. The van der Waals surface area contributed by atoms with Crippen molar-refractivity contribution in [2.75, 3.05) is 18.9 Å². The Morgan fingerprint density at radius 2 is 2.09 bits per heavy atom. The number of nitrogens with one attached hydrogen (secondary N) is 2. The van der Waals surface area contributed by atoms with E-state index in [1.165, 1.54) is 0 Å². The summed E-state index contributed by atoms with van der Waals surface area (Å²) in [4.78, 5) is 12.1. The van der Waals surface area contributed by atoms with E-state index in [0.717, 1.165) is 24.2 Å². The normalized spacial score (nSPS) is 19.0. The number of rotatable bonds is 4. The van der Waals surface area contributed by atoms with Gasteiger partial charge in [0.1, 0.15) is 5.75 Å². The van der Waals surface area contributed by atoms with Crippen LogP contribution in [0.15, 0.2) is 24.3 Å². The molecule has 6 heteroatoms. The number of carbonyl (C=O) groups is 1. The molecular formula is C17H26N2O3S. The zero-order valence-corrected chi connectivity index (χ0v) is 14.9. The summed E-state index contributed by atoms with van der Waals surface area (Å²) in [5.41, 5.74) is 1.01. The second-order valence-corrected chi connectivity index (χ2v) is 8.97. The van der Waals surface area contributed by atoms with Crippen LogP contribution in [-0.2, 0) is 10.8 Å². The molecule has 1 aromatic rings. The van der Waals surface area contributed by atoms with Crippen molar-refractivity contribution >= 4 is 16.8 Å². The molecule has 0 saturated heterocycles. The number of hydrogen-bond acceptors (Lipinski definition) is 3. The molecule has 23 heavy (non-hydrogen) atoms. The van der Waals surface area contributed by atoms with E-state index in [4.69, 9.17) is 4.74 Å². The van der Waals surface area contributed by atoms with Gasteiger partial charge in [-0.2, -0.15) is 0 Å². The number of ether oxygens (including phenoxy) is 1. The Bertz CT molecular complexity index is 569. The predicted octanol–water partition coefficient (Wildman–Crippen LogP) is 2.75. The largest absolute Gasteiger partial charge is 0.493 e. The Morgan fingerprint density at radius 3 is 2.83 bits per heavy atom. The molecule has 0 unspecified atom stereocenters. The highest BCUT2D eigenvalue weighted by Crippen LogP contribution is 2.30. The molecule has 1 heterocycles. The number of urea groups is 1. The smallest absolute Gasteiger partial charge is 0.315 e. The first-order valence-corrected chi connectivity index (χ1v) is 9.34. The second kappa shape index (κ2) is 7.81. The fourth-order valence-electron chi connectivity index (χ4n) is 2.45. The number of carbonyl (C=O) groups excluding carboxylic acids is 1. The third-order valence-corrected chi connectivity index (χ3v) is 5.69. The fourth-order valence-corrected chi connectivity index (χ4v) is 3.35. The minimum atomic E-state index is -0.962. The van der Waals surface area contributed by atoms with Gasteiger partial charge in [0.25, 0.3) is 0 Å². The van der Waals surface area contributed by atoms with E-state index in [1.807, 2.05) is 45.0 Å². The quantitative estimate of drug-likeness (QED) is 0.887. The minimum absolute atomic E-state index is 0.0539. The minimum Gasteiger partial charge on any atom is -0.493 e. The lowest BCUT2D eigenvalue weighted by Gasteiger charge is -2.20.